The van der Waals surface area contributed by atoms with E-state index in [0.29, 0.717) is 5.56 Å². The molecular formula is C29H21N3O3. The molecule has 0 atom stereocenters. The molecule has 0 aliphatic rings. The Morgan fingerprint density at radius 3 is 2.17 bits per heavy atom. The Labute approximate surface area is 200 Å². The first-order chi connectivity index (χ1) is 17.2. The summed E-state index contributed by atoms with van der Waals surface area (Å²) >= 11 is 0. The van der Waals surface area contributed by atoms with E-state index in [2.05, 4.69) is 9.97 Å². The van der Waals surface area contributed by atoms with Crippen molar-refractivity contribution in [1.82, 2.24) is 14.5 Å². The van der Waals surface area contributed by atoms with Crippen molar-refractivity contribution in [3.8, 4) is 11.4 Å². The number of fused-ring (bicyclic) bond motifs is 4. The van der Waals surface area contributed by atoms with Crippen LogP contribution in [0, 0.1) is 0 Å². The molecule has 6 rings (SSSR count). The van der Waals surface area contributed by atoms with Gasteiger partial charge in [0, 0.05) is 16.3 Å². The predicted molar refractivity (Wildman–Crippen MR) is 136 cm³/mol. The lowest BCUT2D eigenvalue weighted by molar-refractivity contribution is 0.0490. The predicted octanol–water partition coefficient (Wildman–Crippen LogP) is 6.23. The van der Waals surface area contributed by atoms with Crippen LogP contribution in [0.2, 0.25) is 0 Å². The Kier molecular flexibility index (Phi) is 5.11. The number of hydrogen-bond donors (Lipinski definition) is 1. The van der Waals surface area contributed by atoms with Crippen LogP contribution in [0.15, 0.2) is 97.1 Å². The summed E-state index contributed by atoms with van der Waals surface area (Å²) < 4.78 is 7.16. The molecule has 0 bridgehead atoms. The number of para-hydroxylation sites is 2. The normalized spacial score (nSPS) is 11.3. The molecule has 0 fully saturated rings. The fourth-order valence-corrected chi connectivity index (χ4v) is 4.49. The smallest absolute Gasteiger partial charge is 0.338 e. The highest BCUT2D eigenvalue weighted by atomic mass is 16.5. The highest BCUT2D eigenvalue weighted by molar-refractivity contribution is 6.13. The van der Waals surface area contributed by atoms with Crippen LogP contribution in [0.3, 0.4) is 0 Å². The second-order valence-corrected chi connectivity index (χ2v) is 8.33. The first-order valence-electron chi connectivity index (χ1n) is 11.4. The van der Waals surface area contributed by atoms with Crippen LogP contribution in [0.1, 0.15) is 21.6 Å². The maximum Gasteiger partial charge on any atom is 0.338 e. The number of nitrogens with one attached hydrogen (secondary N) is 1. The van der Waals surface area contributed by atoms with Crippen LogP contribution in [-0.2, 0) is 4.74 Å². The molecule has 4 aromatic carbocycles. The van der Waals surface area contributed by atoms with E-state index in [-0.39, 0.29) is 18.9 Å². The summed E-state index contributed by atoms with van der Waals surface area (Å²) in [5.41, 5.74) is 4.59. The van der Waals surface area contributed by atoms with Gasteiger partial charge in [0.15, 0.2) is 0 Å². The van der Waals surface area contributed by atoms with Crippen LogP contribution in [0.5, 0.6) is 0 Å². The van der Waals surface area contributed by atoms with Crippen LogP contribution in [0.25, 0.3) is 44.2 Å². The Morgan fingerprint density at radius 2 is 1.46 bits per heavy atom. The van der Waals surface area contributed by atoms with Crippen molar-refractivity contribution in [3.05, 3.63) is 103 Å². The molecule has 0 saturated heterocycles. The van der Waals surface area contributed by atoms with E-state index >= 15 is 0 Å². The van der Waals surface area contributed by atoms with Crippen LogP contribution >= 0.6 is 0 Å². The first kappa shape index (κ1) is 20.9. The molecule has 2 aromatic heterocycles. The SMILES string of the molecule is O=C(OCCC(=O)n1c2ccccc2c2ccccc21)c1ccc2nc(-c3ccccc3)[nH]c2c1. The van der Waals surface area contributed by atoms with Gasteiger partial charge < -0.3 is 9.72 Å². The molecular weight excluding hydrogens is 438 g/mol. The third kappa shape index (κ3) is 3.75. The summed E-state index contributed by atoms with van der Waals surface area (Å²) in [6, 6.07) is 30.7. The molecule has 0 radical (unpaired) electrons. The molecule has 6 heteroatoms. The largest absolute Gasteiger partial charge is 0.462 e. The van der Waals surface area contributed by atoms with Gasteiger partial charge in [0.25, 0.3) is 0 Å². The fourth-order valence-electron chi connectivity index (χ4n) is 4.49. The topological polar surface area (TPSA) is 77.0 Å². The first-order valence-corrected chi connectivity index (χ1v) is 11.4. The zero-order chi connectivity index (χ0) is 23.8. The van der Waals surface area contributed by atoms with Gasteiger partial charge in [-0.1, -0.05) is 66.7 Å². The molecule has 0 saturated carbocycles. The van der Waals surface area contributed by atoms with Crippen molar-refractivity contribution in [2.75, 3.05) is 6.61 Å². The van der Waals surface area contributed by atoms with Gasteiger partial charge in [0.2, 0.25) is 5.91 Å². The molecule has 0 unspecified atom stereocenters. The van der Waals surface area contributed by atoms with Crippen molar-refractivity contribution < 1.29 is 14.3 Å². The Balaban J connectivity index is 1.18. The number of carbonyl (C=O) groups excluding carboxylic acids is 2. The number of rotatable bonds is 5. The molecule has 2 heterocycles. The van der Waals surface area contributed by atoms with E-state index in [1.807, 2.05) is 78.9 Å². The molecule has 6 aromatic rings. The minimum absolute atomic E-state index is 0.00518. The number of esters is 1. The average molecular weight is 460 g/mol. The van der Waals surface area contributed by atoms with E-state index < -0.39 is 5.97 Å². The quantitative estimate of drug-likeness (QED) is 0.310. The summed E-state index contributed by atoms with van der Waals surface area (Å²) in [5.74, 6) is 0.146. The number of ether oxygens (including phenoxy) is 1. The summed E-state index contributed by atoms with van der Waals surface area (Å²) in [6.45, 7) is -0.00518. The van der Waals surface area contributed by atoms with Gasteiger partial charge in [0.1, 0.15) is 12.4 Å². The molecule has 1 N–H and O–H groups in total. The minimum atomic E-state index is -0.474. The zero-order valence-corrected chi connectivity index (χ0v) is 18.8. The van der Waals surface area contributed by atoms with E-state index in [9.17, 15) is 9.59 Å². The summed E-state index contributed by atoms with van der Waals surface area (Å²) in [5, 5.41) is 2.05. The van der Waals surface area contributed by atoms with E-state index in [0.717, 1.165) is 44.2 Å². The van der Waals surface area contributed by atoms with Gasteiger partial charge in [-0.2, -0.15) is 0 Å². The zero-order valence-electron chi connectivity index (χ0n) is 18.8. The van der Waals surface area contributed by atoms with Crippen LogP contribution < -0.4 is 0 Å². The number of benzene rings is 4. The minimum Gasteiger partial charge on any atom is -0.462 e. The number of aromatic nitrogens is 3. The van der Waals surface area contributed by atoms with E-state index in [1.165, 1.54) is 0 Å². The van der Waals surface area contributed by atoms with Gasteiger partial charge in [-0.25, -0.2) is 9.78 Å². The van der Waals surface area contributed by atoms with Crippen LogP contribution in [0.4, 0.5) is 0 Å². The fraction of sp³-hybridized carbons (Fsp3) is 0.0690. The molecule has 0 spiro atoms. The highest BCUT2D eigenvalue weighted by Crippen LogP contribution is 2.29. The van der Waals surface area contributed by atoms with E-state index in [1.54, 1.807) is 22.8 Å². The lowest BCUT2D eigenvalue weighted by atomic mass is 10.2. The number of H-pyrrole nitrogens is 1. The number of hydrogen-bond acceptors (Lipinski definition) is 4. The molecule has 170 valence electrons. The lowest BCUT2D eigenvalue weighted by Crippen LogP contribution is -2.15. The van der Waals surface area contributed by atoms with Gasteiger partial charge in [0.05, 0.1) is 34.1 Å². The lowest BCUT2D eigenvalue weighted by Gasteiger charge is -2.07. The number of imidazole rings is 1. The van der Waals surface area contributed by atoms with E-state index in [4.69, 9.17) is 4.74 Å². The second-order valence-electron chi connectivity index (χ2n) is 8.33. The third-order valence-corrected chi connectivity index (χ3v) is 6.14. The Morgan fingerprint density at radius 1 is 0.800 bits per heavy atom. The molecule has 35 heavy (non-hydrogen) atoms. The number of aromatic amines is 1. The number of nitrogens with zero attached hydrogens (tertiary/aromatic N) is 2. The van der Waals surface area contributed by atoms with Crippen LogP contribution in [-0.4, -0.2) is 33.0 Å². The Hall–Kier alpha value is -4.71. The van der Waals surface area contributed by atoms with Crippen molar-refractivity contribution >= 4 is 44.7 Å². The second kappa shape index (κ2) is 8.57. The monoisotopic (exact) mass is 459 g/mol. The molecule has 6 nitrogen and oxygen atoms in total. The Bertz CT molecular complexity index is 1660. The van der Waals surface area contributed by atoms with Gasteiger partial charge in [-0.15, -0.1) is 0 Å². The third-order valence-electron chi connectivity index (χ3n) is 6.14. The summed E-state index contributed by atoms with van der Waals surface area (Å²) in [6.07, 6.45) is 0.0822. The van der Waals surface area contributed by atoms with Gasteiger partial charge >= 0.3 is 5.97 Å². The van der Waals surface area contributed by atoms with Crippen molar-refractivity contribution in [1.29, 1.82) is 0 Å². The molecule has 0 amide bonds. The van der Waals surface area contributed by atoms with Gasteiger partial charge in [-0.3, -0.25) is 9.36 Å². The van der Waals surface area contributed by atoms with Gasteiger partial charge in [-0.05, 0) is 30.3 Å². The molecule has 0 aliphatic carbocycles. The standard InChI is InChI=1S/C29H21N3O3/c33-27(32-25-12-6-4-10-21(25)22-11-5-7-13-26(22)32)16-17-35-29(34)20-14-15-23-24(18-20)31-28(30-23)19-8-2-1-3-9-19/h1-15,18H,16-17H2,(H,30,31). The average Bonchev–Trinajstić information content (AvgIpc) is 3.48. The number of carbonyl (C=O) groups is 2. The molecule has 0 aliphatic heterocycles. The summed E-state index contributed by atoms with van der Waals surface area (Å²) in [4.78, 5) is 33.7. The van der Waals surface area contributed by atoms with Crippen molar-refractivity contribution in [2.24, 2.45) is 0 Å². The maximum absolute atomic E-state index is 13.1. The van der Waals surface area contributed by atoms with Crippen molar-refractivity contribution in [3.63, 3.8) is 0 Å². The maximum atomic E-state index is 13.1. The summed E-state index contributed by atoms with van der Waals surface area (Å²) in [7, 11) is 0. The highest BCUT2D eigenvalue weighted by Gasteiger charge is 2.17. The van der Waals surface area contributed by atoms with Crippen molar-refractivity contribution in [2.45, 2.75) is 6.42 Å².